The fourth-order valence-electron chi connectivity index (χ4n) is 2.13. The molecule has 0 aliphatic carbocycles. The van der Waals surface area contributed by atoms with Gasteiger partial charge in [-0.3, -0.25) is 4.79 Å². The molecule has 0 spiro atoms. The molecule has 0 aliphatic heterocycles. The topological polar surface area (TPSA) is 115 Å². The summed E-state index contributed by atoms with van der Waals surface area (Å²) in [5, 5.41) is 15.4. The first-order valence-electron chi connectivity index (χ1n) is 8.11. The number of amides is 1. The molecule has 1 aromatic heterocycles. The van der Waals surface area contributed by atoms with Gasteiger partial charge in [0.15, 0.2) is 6.61 Å². The second kappa shape index (κ2) is 8.81. The molecule has 1 heterocycles. The number of nitrogens with zero attached hydrogens (tertiary/aromatic N) is 2. The highest BCUT2D eigenvalue weighted by molar-refractivity contribution is 5.96. The number of aliphatic carboxylic acids is 1. The fourth-order valence-corrected chi connectivity index (χ4v) is 2.13. The molecule has 8 heteroatoms. The highest BCUT2D eigenvalue weighted by Crippen LogP contribution is 2.14. The van der Waals surface area contributed by atoms with Gasteiger partial charge < -0.3 is 19.7 Å². The summed E-state index contributed by atoms with van der Waals surface area (Å²) in [6.45, 7) is 3.94. The van der Waals surface area contributed by atoms with Gasteiger partial charge in [-0.05, 0) is 30.7 Å². The van der Waals surface area contributed by atoms with Crippen molar-refractivity contribution in [2.75, 3.05) is 0 Å². The first-order chi connectivity index (χ1) is 12.0. The van der Waals surface area contributed by atoms with Crippen molar-refractivity contribution in [3.8, 4) is 5.75 Å². The summed E-state index contributed by atoms with van der Waals surface area (Å²) < 4.78 is 10.5. The lowest BCUT2D eigenvalue weighted by atomic mass is 10.1. The van der Waals surface area contributed by atoms with Gasteiger partial charge in [0.05, 0.1) is 0 Å². The van der Waals surface area contributed by atoms with E-state index < -0.39 is 17.9 Å². The molecule has 1 aromatic carbocycles. The second-order valence-electron chi connectivity index (χ2n) is 5.42. The first kappa shape index (κ1) is 18.4. The average Bonchev–Trinajstić information content (AvgIpc) is 3.08. The highest BCUT2D eigenvalue weighted by atomic mass is 16.5. The van der Waals surface area contributed by atoms with Gasteiger partial charge in [0.1, 0.15) is 11.8 Å². The van der Waals surface area contributed by atoms with Crippen molar-refractivity contribution in [2.24, 2.45) is 0 Å². The molecular formula is C17H21N3O5. The zero-order valence-corrected chi connectivity index (χ0v) is 14.2. The number of aromatic nitrogens is 2. The fraction of sp³-hybridized carbons (Fsp3) is 0.412. The summed E-state index contributed by atoms with van der Waals surface area (Å²) in [6.07, 6.45) is 1.71. The van der Waals surface area contributed by atoms with Gasteiger partial charge in [-0.2, -0.15) is 4.98 Å². The summed E-state index contributed by atoms with van der Waals surface area (Å²) in [7, 11) is 0. The van der Waals surface area contributed by atoms with Gasteiger partial charge in [-0.25, -0.2) is 4.79 Å². The minimum absolute atomic E-state index is 0.159. The Morgan fingerprint density at radius 1 is 1.28 bits per heavy atom. The number of nitrogens with one attached hydrogen (secondary N) is 1. The van der Waals surface area contributed by atoms with Gasteiger partial charge in [0, 0.05) is 12.0 Å². The van der Waals surface area contributed by atoms with E-state index in [-0.39, 0.29) is 6.61 Å². The average molecular weight is 347 g/mol. The summed E-state index contributed by atoms with van der Waals surface area (Å²) in [4.78, 5) is 27.3. The van der Waals surface area contributed by atoms with Crippen LogP contribution in [0.15, 0.2) is 28.8 Å². The van der Waals surface area contributed by atoms with Crippen LogP contribution in [0.1, 0.15) is 48.8 Å². The molecule has 8 nitrogen and oxygen atoms in total. The van der Waals surface area contributed by atoms with Crippen LogP contribution < -0.4 is 10.1 Å². The van der Waals surface area contributed by atoms with E-state index in [9.17, 15) is 9.59 Å². The van der Waals surface area contributed by atoms with Crippen LogP contribution in [0, 0.1) is 0 Å². The largest absolute Gasteiger partial charge is 0.485 e. The Labute approximate surface area is 145 Å². The van der Waals surface area contributed by atoms with Crippen LogP contribution in [0.25, 0.3) is 0 Å². The number of hydrogen-bond donors (Lipinski definition) is 2. The standard InChI is InChI=1S/C17H21N3O5/c1-3-5-13(17(22)23)18-16(21)11-6-8-12(9-7-11)24-10-14-19-15(4-2)25-20-14/h6-9,13H,3-5,10H2,1-2H3,(H,18,21)(H,22,23). The van der Waals surface area contributed by atoms with E-state index >= 15 is 0 Å². The number of rotatable bonds is 9. The van der Waals surface area contributed by atoms with Crippen LogP contribution >= 0.6 is 0 Å². The van der Waals surface area contributed by atoms with Crippen molar-refractivity contribution in [3.05, 3.63) is 41.5 Å². The van der Waals surface area contributed by atoms with Crippen LogP contribution in [0.4, 0.5) is 0 Å². The monoisotopic (exact) mass is 347 g/mol. The van der Waals surface area contributed by atoms with E-state index in [1.807, 2.05) is 13.8 Å². The number of carbonyl (C=O) groups excluding carboxylic acids is 1. The Morgan fingerprint density at radius 2 is 2.00 bits per heavy atom. The molecule has 2 rings (SSSR count). The maximum atomic E-state index is 12.1. The summed E-state index contributed by atoms with van der Waals surface area (Å²) >= 11 is 0. The third-order valence-corrected chi connectivity index (χ3v) is 3.48. The Kier molecular flexibility index (Phi) is 6.50. The van der Waals surface area contributed by atoms with Crippen molar-refractivity contribution < 1.29 is 24.0 Å². The molecule has 1 unspecified atom stereocenters. The maximum absolute atomic E-state index is 12.1. The van der Waals surface area contributed by atoms with Crippen molar-refractivity contribution in [3.63, 3.8) is 0 Å². The first-order valence-corrected chi connectivity index (χ1v) is 8.11. The molecule has 0 saturated carbocycles. The number of aryl methyl sites for hydroxylation is 1. The Morgan fingerprint density at radius 3 is 2.56 bits per heavy atom. The smallest absolute Gasteiger partial charge is 0.326 e. The molecule has 1 amide bonds. The lowest BCUT2D eigenvalue weighted by Gasteiger charge is -2.13. The third kappa shape index (κ3) is 5.30. The van der Waals surface area contributed by atoms with E-state index in [4.69, 9.17) is 14.4 Å². The SMILES string of the molecule is CCCC(NC(=O)c1ccc(OCc2noc(CC)n2)cc1)C(=O)O. The van der Waals surface area contributed by atoms with Crippen molar-refractivity contribution in [1.29, 1.82) is 0 Å². The Balaban J connectivity index is 1.91. The van der Waals surface area contributed by atoms with E-state index in [0.717, 1.165) is 0 Å². The minimum atomic E-state index is -1.04. The number of carboxylic acid groups (broad SMARTS) is 1. The molecule has 2 aromatic rings. The predicted molar refractivity (Wildman–Crippen MR) is 88.2 cm³/mol. The summed E-state index contributed by atoms with van der Waals surface area (Å²) in [5.74, 6) is 0.0656. The summed E-state index contributed by atoms with van der Waals surface area (Å²) in [6, 6.07) is 5.52. The third-order valence-electron chi connectivity index (χ3n) is 3.48. The molecule has 0 bridgehead atoms. The molecule has 25 heavy (non-hydrogen) atoms. The normalized spacial score (nSPS) is 11.8. The molecule has 1 atom stereocenters. The van der Waals surface area contributed by atoms with Gasteiger partial charge >= 0.3 is 5.97 Å². The molecule has 134 valence electrons. The predicted octanol–water partition coefficient (Wildman–Crippen LogP) is 2.19. The van der Waals surface area contributed by atoms with Crippen LogP contribution in [-0.4, -0.2) is 33.2 Å². The van der Waals surface area contributed by atoms with Crippen molar-refractivity contribution in [2.45, 2.75) is 45.8 Å². The van der Waals surface area contributed by atoms with E-state index in [2.05, 4.69) is 15.5 Å². The van der Waals surface area contributed by atoms with Crippen molar-refractivity contribution >= 4 is 11.9 Å². The molecule has 0 radical (unpaired) electrons. The number of ether oxygens (including phenoxy) is 1. The molecular weight excluding hydrogens is 326 g/mol. The molecule has 0 saturated heterocycles. The van der Waals surface area contributed by atoms with Crippen LogP contribution in [0.5, 0.6) is 5.75 Å². The zero-order chi connectivity index (χ0) is 18.2. The zero-order valence-electron chi connectivity index (χ0n) is 14.2. The number of carboxylic acids is 1. The lowest BCUT2D eigenvalue weighted by molar-refractivity contribution is -0.139. The molecule has 0 aliphatic rings. The van der Waals surface area contributed by atoms with Gasteiger partial charge in [0.2, 0.25) is 11.7 Å². The summed E-state index contributed by atoms with van der Waals surface area (Å²) in [5.41, 5.74) is 0.363. The van der Waals surface area contributed by atoms with Crippen molar-refractivity contribution in [1.82, 2.24) is 15.5 Å². The quantitative estimate of drug-likeness (QED) is 0.714. The maximum Gasteiger partial charge on any atom is 0.326 e. The van der Waals surface area contributed by atoms with Gasteiger partial charge in [-0.1, -0.05) is 25.4 Å². The molecule has 2 N–H and O–H groups in total. The van der Waals surface area contributed by atoms with Crippen LogP contribution in [-0.2, 0) is 17.8 Å². The van der Waals surface area contributed by atoms with Crippen LogP contribution in [0.2, 0.25) is 0 Å². The van der Waals surface area contributed by atoms with E-state index in [1.54, 1.807) is 24.3 Å². The van der Waals surface area contributed by atoms with E-state index in [0.29, 0.717) is 42.3 Å². The Bertz CT molecular complexity index is 711. The number of benzene rings is 1. The number of hydrogen-bond acceptors (Lipinski definition) is 6. The van der Waals surface area contributed by atoms with Crippen LogP contribution in [0.3, 0.4) is 0 Å². The van der Waals surface area contributed by atoms with E-state index in [1.165, 1.54) is 0 Å². The second-order valence-corrected chi connectivity index (χ2v) is 5.42. The Hall–Kier alpha value is -2.90. The molecule has 0 fully saturated rings. The minimum Gasteiger partial charge on any atom is -0.485 e. The number of carbonyl (C=O) groups is 2. The lowest BCUT2D eigenvalue weighted by Crippen LogP contribution is -2.40. The van der Waals surface area contributed by atoms with Gasteiger partial charge in [0.25, 0.3) is 5.91 Å². The highest BCUT2D eigenvalue weighted by Gasteiger charge is 2.19. The van der Waals surface area contributed by atoms with Gasteiger partial charge in [-0.15, -0.1) is 0 Å².